The van der Waals surface area contributed by atoms with Crippen molar-refractivity contribution < 1.29 is 27.4 Å². The van der Waals surface area contributed by atoms with Gasteiger partial charge < -0.3 is 14.8 Å². The number of nitrogens with zero attached hydrogens (tertiary/aromatic N) is 4. The average Bonchev–Trinajstić information content (AvgIpc) is 3.49. The lowest BCUT2D eigenvalue weighted by Gasteiger charge is -2.16. The minimum absolute atomic E-state index is 0.0393. The van der Waals surface area contributed by atoms with Crippen LogP contribution in [-0.2, 0) is 17.5 Å². The molecule has 1 aromatic heterocycles. The van der Waals surface area contributed by atoms with E-state index in [-0.39, 0.29) is 17.1 Å². The lowest BCUT2D eigenvalue weighted by atomic mass is 10.1. The maximum absolute atomic E-state index is 13.5. The zero-order chi connectivity index (χ0) is 25.7. The topological polar surface area (TPSA) is 102 Å². The molecule has 1 N–H and O–H groups in total. The van der Waals surface area contributed by atoms with Gasteiger partial charge in [0.2, 0.25) is 0 Å². The summed E-state index contributed by atoms with van der Waals surface area (Å²) in [5, 5.41) is 16.6. The van der Waals surface area contributed by atoms with Crippen LogP contribution in [0, 0.1) is 11.3 Å². The molecule has 3 aromatic rings. The van der Waals surface area contributed by atoms with Crippen molar-refractivity contribution in [2.45, 2.75) is 12.7 Å². The van der Waals surface area contributed by atoms with Crippen LogP contribution in [0.2, 0.25) is 0 Å². The standard InChI is InChI=1S/C24H18F3N5O3S/c1-34-20-12-15(13-21-22(33)31-23(36-21)29-8-10-32-9-2-7-30-32)3-6-19(20)35-18-5-4-16(14-28)11-17(18)24(25,26)27/h2-7,9,11-13H,8,10H2,1H3,(H,29,31,33)/b21-13+. The number of ether oxygens (including phenoxy) is 2. The Kier molecular flexibility index (Phi) is 7.30. The average molecular weight is 514 g/mol. The Balaban J connectivity index is 1.48. The fourth-order valence-electron chi connectivity index (χ4n) is 3.23. The Morgan fingerprint density at radius 2 is 2.00 bits per heavy atom. The number of rotatable bonds is 7. The third-order valence-corrected chi connectivity index (χ3v) is 5.86. The van der Waals surface area contributed by atoms with Crippen LogP contribution >= 0.6 is 11.8 Å². The number of thioether (sulfide) groups is 1. The molecule has 2 aromatic carbocycles. The van der Waals surface area contributed by atoms with Gasteiger partial charge in [0.25, 0.3) is 5.91 Å². The number of nitriles is 1. The molecule has 1 amide bonds. The van der Waals surface area contributed by atoms with Crippen LogP contribution in [0.25, 0.3) is 6.08 Å². The Bertz CT molecular complexity index is 1380. The molecule has 2 heterocycles. The summed E-state index contributed by atoms with van der Waals surface area (Å²) in [5.41, 5.74) is -0.647. The number of amides is 1. The molecule has 1 aliphatic rings. The molecule has 8 nitrogen and oxygen atoms in total. The molecule has 36 heavy (non-hydrogen) atoms. The van der Waals surface area contributed by atoms with Crippen LogP contribution < -0.4 is 14.8 Å². The van der Waals surface area contributed by atoms with E-state index in [2.05, 4.69) is 15.4 Å². The van der Waals surface area contributed by atoms with E-state index in [0.29, 0.717) is 28.7 Å². The highest BCUT2D eigenvalue weighted by atomic mass is 32.2. The van der Waals surface area contributed by atoms with E-state index in [4.69, 9.17) is 14.7 Å². The highest BCUT2D eigenvalue weighted by molar-refractivity contribution is 8.18. The van der Waals surface area contributed by atoms with Crippen LogP contribution in [0.15, 0.2) is 64.8 Å². The normalized spacial score (nSPS) is 14.5. The molecule has 0 atom stereocenters. The van der Waals surface area contributed by atoms with E-state index < -0.39 is 23.4 Å². The maximum Gasteiger partial charge on any atom is 0.420 e. The SMILES string of the molecule is COc1cc(/C=C2/SC(NCCn3cccn3)=NC2=O)ccc1Oc1ccc(C#N)cc1C(F)(F)F. The van der Waals surface area contributed by atoms with Crippen molar-refractivity contribution in [3.63, 3.8) is 0 Å². The van der Waals surface area contributed by atoms with Crippen LogP contribution in [0.3, 0.4) is 0 Å². The maximum atomic E-state index is 13.5. The Morgan fingerprint density at radius 1 is 1.19 bits per heavy atom. The fraction of sp³-hybridized carbons (Fsp3) is 0.167. The number of alkyl halides is 3. The number of hydrogen-bond donors (Lipinski definition) is 1. The quantitative estimate of drug-likeness (QED) is 0.452. The molecule has 12 heteroatoms. The summed E-state index contributed by atoms with van der Waals surface area (Å²) in [4.78, 5) is 16.7. The Morgan fingerprint density at radius 3 is 2.69 bits per heavy atom. The van der Waals surface area contributed by atoms with E-state index in [9.17, 15) is 18.0 Å². The van der Waals surface area contributed by atoms with Crippen molar-refractivity contribution in [3.05, 3.63) is 76.5 Å². The van der Waals surface area contributed by atoms with E-state index in [1.807, 2.05) is 12.3 Å². The number of hydrogen-bond acceptors (Lipinski definition) is 7. The van der Waals surface area contributed by atoms with Crippen molar-refractivity contribution >= 4 is 28.9 Å². The summed E-state index contributed by atoms with van der Waals surface area (Å²) in [6.45, 7) is 1.14. The van der Waals surface area contributed by atoms with Crippen molar-refractivity contribution in [2.75, 3.05) is 13.7 Å². The summed E-state index contributed by atoms with van der Waals surface area (Å²) < 4.78 is 53.0. The lowest BCUT2D eigenvalue weighted by Crippen LogP contribution is -2.23. The van der Waals surface area contributed by atoms with Gasteiger partial charge in [0.1, 0.15) is 5.75 Å². The van der Waals surface area contributed by atoms with Crippen molar-refractivity contribution in [1.29, 1.82) is 5.26 Å². The van der Waals surface area contributed by atoms with Crippen LogP contribution in [0.5, 0.6) is 17.2 Å². The second-order valence-electron chi connectivity index (χ2n) is 7.36. The number of carbonyl (C=O) groups excluding carboxylic acids is 1. The minimum Gasteiger partial charge on any atom is -0.493 e. The third kappa shape index (κ3) is 5.87. The number of amidine groups is 1. The first-order chi connectivity index (χ1) is 17.3. The van der Waals surface area contributed by atoms with Gasteiger partial charge in [0.05, 0.1) is 35.8 Å². The van der Waals surface area contributed by atoms with Gasteiger partial charge in [-0.2, -0.15) is 28.5 Å². The predicted molar refractivity (Wildman–Crippen MR) is 127 cm³/mol. The fourth-order valence-corrected chi connectivity index (χ4v) is 4.07. The van der Waals surface area contributed by atoms with Gasteiger partial charge in [0, 0.05) is 18.9 Å². The lowest BCUT2D eigenvalue weighted by molar-refractivity contribution is -0.138. The van der Waals surface area contributed by atoms with E-state index >= 15 is 0 Å². The van der Waals surface area contributed by atoms with Gasteiger partial charge in [-0.25, -0.2) is 0 Å². The van der Waals surface area contributed by atoms with Crippen LogP contribution in [0.4, 0.5) is 13.2 Å². The molecular formula is C24H18F3N5O3S. The highest BCUT2D eigenvalue weighted by Crippen LogP contribution is 2.41. The second kappa shape index (κ2) is 10.6. The first-order valence-electron chi connectivity index (χ1n) is 10.5. The number of methoxy groups -OCH3 is 1. The molecule has 0 aliphatic carbocycles. The summed E-state index contributed by atoms with van der Waals surface area (Å²) >= 11 is 1.18. The molecule has 0 saturated heterocycles. The van der Waals surface area contributed by atoms with Gasteiger partial charge in [-0.3, -0.25) is 9.48 Å². The number of halogens is 3. The van der Waals surface area contributed by atoms with Gasteiger partial charge in [-0.05, 0) is 59.8 Å². The van der Waals surface area contributed by atoms with Gasteiger partial charge in [0.15, 0.2) is 16.7 Å². The number of nitrogens with one attached hydrogen (secondary N) is 1. The molecule has 0 bridgehead atoms. The van der Waals surface area contributed by atoms with Gasteiger partial charge >= 0.3 is 6.18 Å². The van der Waals surface area contributed by atoms with E-state index in [0.717, 1.165) is 12.1 Å². The first-order valence-corrected chi connectivity index (χ1v) is 11.3. The molecule has 0 radical (unpaired) electrons. The largest absolute Gasteiger partial charge is 0.493 e. The molecule has 4 rings (SSSR count). The zero-order valence-electron chi connectivity index (χ0n) is 18.7. The van der Waals surface area contributed by atoms with Gasteiger partial charge in [-0.15, -0.1) is 0 Å². The smallest absolute Gasteiger partial charge is 0.420 e. The molecular weight excluding hydrogens is 495 g/mol. The number of aromatic nitrogens is 2. The van der Waals surface area contributed by atoms with E-state index in [1.54, 1.807) is 29.1 Å². The summed E-state index contributed by atoms with van der Waals surface area (Å²) in [5.74, 6) is -0.673. The predicted octanol–water partition coefficient (Wildman–Crippen LogP) is 4.83. The van der Waals surface area contributed by atoms with Crippen LogP contribution in [-0.4, -0.2) is 34.5 Å². The molecule has 1 aliphatic heterocycles. The number of carbonyl (C=O) groups is 1. The van der Waals surface area contributed by atoms with Gasteiger partial charge in [-0.1, -0.05) is 6.07 Å². The van der Waals surface area contributed by atoms with E-state index in [1.165, 1.54) is 37.1 Å². The summed E-state index contributed by atoms with van der Waals surface area (Å²) in [7, 11) is 1.35. The molecule has 0 fully saturated rings. The minimum atomic E-state index is -4.72. The second-order valence-corrected chi connectivity index (χ2v) is 8.39. The monoisotopic (exact) mass is 513 g/mol. The number of benzene rings is 2. The van der Waals surface area contributed by atoms with Crippen molar-refractivity contribution in [3.8, 4) is 23.3 Å². The Hall–Kier alpha value is -4.24. The van der Waals surface area contributed by atoms with Crippen LogP contribution in [0.1, 0.15) is 16.7 Å². The van der Waals surface area contributed by atoms with Crippen molar-refractivity contribution in [2.24, 2.45) is 4.99 Å². The number of aliphatic imine (C=N–C) groups is 1. The molecule has 0 saturated carbocycles. The Labute approximate surface area is 208 Å². The zero-order valence-corrected chi connectivity index (χ0v) is 19.6. The third-order valence-electron chi connectivity index (χ3n) is 4.92. The molecule has 184 valence electrons. The summed E-state index contributed by atoms with van der Waals surface area (Å²) in [6.07, 6.45) is 0.391. The molecule has 0 unspecified atom stereocenters. The summed E-state index contributed by atoms with van der Waals surface area (Å²) in [6, 6.07) is 11.1. The van der Waals surface area contributed by atoms with Crippen molar-refractivity contribution in [1.82, 2.24) is 15.1 Å². The highest BCUT2D eigenvalue weighted by Gasteiger charge is 2.35. The first kappa shape index (κ1) is 24.9. The molecule has 0 spiro atoms.